The Morgan fingerprint density at radius 2 is 1.33 bits per heavy atom. The predicted molar refractivity (Wildman–Crippen MR) is 99.0 cm³/mol. The van der Waals surface area contributed by atoms with Crippen LogP contribution >= 0.6 is 22.7 Å². The number of rotatable bonds is 4. The molecule has 1 aromatic carbocycles. The molecule has 0 radical (unpaired) electrons. The Kier molecular flexibility index (Phi) is 3.76. The minimum atomic E-state index is -0.375. The first-order valence-electron chi connectivity index (χ1n) is 7.28. The zero-order chi connectivity index (χ0) is 16.5. The summed E-state index contributed by atoms with van der Waals surface area (Å²) < 4.78 is 2.15. The Labute approximate surface area is 146 Å². The fourth-order valence-electron chi connectivity index (χ4n) is 2.67. The van der Waals surface area contributed by atoms with E-state index in [0.717, 1.165) is 26.8 Å². The molecule has 0 bridgehead atoms. The lowest BCUT2D eigenvalue weighted by Crippen LogP contribution is -1.98. The van der Waals surface area contributed by atoms with Gasteiger partial charge in [0.05, 0.1) is 26.1 Å². The molecule has 3 heterocycles. The molecule has 4 aromatic rings. The van der Waals surface area contributed by atoms with Gasteiger partial charge in [-0.3, -0.25) is 10.1 Å². The number of hydrogen-bond donors (Lipinski definition) is 0. The Balaban J connectivity index is 1.91. The molecule has 6 heteroatoms. The quantitative estimate of drug-likeness (QED) is 0.342. The Morgan fingerprint density at radius 1 is 0.792 bits per heavy atom. The van der Waals surface area contributed by atoms with Crippen molar-refractivity contribution in [3.63, 3.8) is 0 Å². The average Bonchev–Trinajstić information content (AvgIpc) is 3.33. The molecule has 0 aliphatic rings. The minimum absolute atomic E-state index is 0.0984. The standard InChI is InChI=1S/C18H12N2O2S2/c21-20(22)14-7-5-13(6-8-14)19-15(17-3-1-11-23-17)9-10-16(19)18-4-2-12-24-18/h1-12H. The average molecular weight is 352 g/mol. The van der Waals surface area contributed by atoms with Gasteiger partial charge in [-0.05, 0) is 47.2 Å². The van der Waals surface area contributed by atoms with Crippen LogP contribution in [0.2, 0.25) is 0 Å². The summed E-state index contributed by atoms with van der Waals surface area (Å²) in [5, 5.41) is 15.0. The molecule has 4 nitrogen and oxygen atoms in total. The summed E-state index contributed by atoms with van der Waals surface area (Å²) in [7, 11) is 0. The molecule has 0 aliphatic heterocycles. The third-order valence-corrected chi connectivity index (χ3v) is 5.53. The van der Waals surface area contributed by atoms with Gasteiger partial charge in [-0.15, -0.1) is 22.7 Å². The van der Waals surface area contributed by atoms with Crippen molar-refractivity contribution in [3.8, 4) is 26.8 Å². The molecule has 0 N–H and O–H groups in total. The van der Waals surface area contributed by atoms with E-state index in [0.29, 0.717) is 0 Å². The highest BCUT2D eigenvalue weighted by Gasteiger charge is 2.15. The Hall–Kier alpha value is -2.70. The van der Waals surface area contributed by atoms with Crippen molar-refractivity contribution < 1.29 is 4.92 Å². The van der Waals surface area contributed by atoms with Crippen LogP contribution in [0.3, 0.4) is 0 Å². The van der Waals surface area contributed by atoms with Gasteiger partial charge < -0.3 is 4.57 Å². The van der Waals surface area contributed by atoms with Crippen LogP contribution < -0.4 is 0 Å². The smallest absolute Gasteiger partial charge is 0.269 e. The van der Waals surface area contributed by atoms with E-state index in [-0.39, 0.29) is 10.6 Å². The maximum Gasteiger partial charge on any atom is 0.269 e. The van der Waals surface area contributed by atoms with E-state index in [1.807, 2.05) is 22.9 Å². The first-order valence-corrected chi connectivity index (χ1v) is 9.04. The van der Waals surface area contributed by atoms with Crippen molar-refractivity contribution in [2.24, 2.45) is 0 Å². The number of nitro benzene ring substituents is 1. The topological polar surface area (TPSA) is 48.1 Å². The summed E-state index contributed by atoms with van der Waals surface area (Å²) >= 11 is 3.36. The van der Waals surface area contributed by atoms with Crippen molar-refractivity contribution in [2.45, 2.75) is 0 Å². The number of hydrogen-bond acceptors (Lipinski definition) is 4. The number of aromatic nitrogens is 1. The predicted octanol–water partition coefficient (Wildman–Crippen LogP) is 5.84. The summed E-state index contributed by atoms with van der Waals surface area (Å²) in [5.74, 6) is 0. The number of benzene rings is 1. The first kappa shape index (κ1) is 14.9. The summed E-state index contributed by atoms with van der Waals surface area (Å²) in [6.07, 6.45) is 0. The molecule has 0 saturated heterocycles. The highest BCUT2D eigenvalue weighted by atomic mass is 32.1. The monoisotopic (exact) mass is 352 g/mol. The van der Waals surface area contributed by atoms with Gasteiger partial charge in [0.2, 0.25) is 0 Å². The third-order valence-electron chi connectivity index (χ3n) is 3.75. The van der Waals surface area contributed by atoms with Gasteiger partial charge in [0, 0.05) is 17.8 Å². The molecule has 3 aromatic heterocycles. The third kappa shape index (κ3) is 2.55. The SMILES string of the molecule is O=[N+]([O-])c1ccc(-n2c(-c3cccs3)ccc2-c2cccs2)cc1. The maximum atomic E-state index is 10.9. The molecule has 24 heavy (non-hydrogen) atoms. The first-order chi connectivity index (χ1) is 11.7. The number of nitrogens with zero attached hydrogens (tertiary/aromatic N) is 2. The fraction of sp³-hybridized carbons (Fsp3) is 0. The molecule has 118 valence electrons. The molecule has 0 fully saturated rings. The normalized spacial score (nSPS) is 10.8. The molecular weight excluding hydrogens is 340 g/mol. The lowest BCUT2D eigenvalue weighted by molar-refractivity contribution is -0.384. The van der Waals surface area contributed by atoms with Crippen LogP contribution in [0.4, 0.5) is 5.69 Å². The number of non-ortho nitro benzene ring substituents is 1. The summed E-state index contributed by atoms with van der Waals surface area (Å²) in [5.41, 5.74) is 3.18. The second-order valence-electron chi connectivity index (χ2n) is 5.17. The van der Waals surface area contributed by atoms with Crippen LogP contribution in [0, 0.1) is 10.1 Å². The molecule has 0 unspecified atom stereocenters. The van der Waals surface area contributed by atoms with E-state index in [9.17, 15) is 10.1 Å². The molecule has 0 aliphatic carbocycles. The molecule has 0 atom stereocenters. The van der Waals surface area contributed by atoms with Gasteiger partial charge in [0.25, 0.3) is 5.69 Å². The summed E-state index contributed by atoms with van der Waals surface area (Å²) in [4.78, 5) is 12.9. The molecule has 0 amide bonds. The number of thiophene rings is 2. The van der Waals surface area contributed by atoms with Crippen molar-refractivity contribution in [1.82, 2.24) is 4.57 Å². The van der Waals surface area contributed by atoms with Crippen LogP contribution in [0.15, 0.2) is 71.4 Å². The Morgan fingerprint density at radius 3 is 1.75 bits per heavy atom. The summed E-state index contributed by atoms with van der Waals surface area (Å²) in [6, 6.07) is 19.1. The highest BCUT2D eigenvalue weighted by Crippen LogP contribution is 2.36. The van der Waals surface area contributed by atoms with Crippen LogP contribution in [-0.2, 0) is 0 Å². The Bertz CT molecular complexity index is 917. The van der Waals surface area contributed by atoms with Gasteiger partial charge in [-0.2, -0.15) is 0 Å². The van der Waals surface area contributed by atoms with Crippen molar-refractivity contribution in [3.05, 3.63) is 81.5 Å². The summed E-state index contributed by atoms with van der Waals surface area (Å²) in [6.45, 7) is 0. The van der Waals surface area contributed by atoms with Crippen molar-refractivity contribution >= 4 is 28.4 Å². The molecular formula is C18H12N2O2S2. The second-order valence-corrected chi connectivity index (χ2v) is 7.06. The van der Waals surface area contributed by atoms with E-state index in [2.05, 4.69) is 28.8 Å². The van der Waals surface area contributed by atoms with Crippen LogP contribution in [0.1, 0.15) is 0 Å². The highest BCUT2D eigenvalue weighted by molar-refractivity contribution is 7.14. The second kappa shape index (κ2) is 6.07. The van der Waals surface area contributed by atoms with Crippen LogP contribution in [0.25, 0.3) is 26.8 Å². The van der Waals surface area contributed by atoms with Gasteiger partial charge in [0.1, 0.15) is 0 Å². The number of nitro groups is 1. The minimum Gasteiger partial charge on any atom is -0.308 e. The van der Waals surface area contributed by atoms with Crippen molar-refractivity contribution in [2.75, 3.05) is 0 Å². The molecule has 0 saturated carbocycles. The zero-order valence-electron chi connectivity index (χ0n) is 12.5. The van der Waals surface area contributed by atoms with E-state index >= 15 is 0 Å². The molecule has 4 rings (SSSR count). The molecule has 0 spiro atoms. The fourth-order valence-corrected chi connectivity index (χ4v) is 4.15. The van der Waals surface area contributed by atoms with Crippen molar-refractivity contribution in [1.29, 1.82) is 0 Å². The largest absolute Gasteiger partial charge is 0.308 e. The van der Waals surface area contributed by atoms with Gasteiger partial charge in [0.15, 0.2) is 0 Å². The lowest BCUT2D eigenvalue weighted by Gasteiger charge is -2.12. The van der Waals surface area contributed by atoms with E-state index in [1.54, 1.807) is 46.9 Å². The van der Waals surface area contributed by atoms with Gasteiger partial charge >= 0.3 is 0 Å². The van der Waals surface area contributed by atoms with Gasteiger partial charge in [-0.1, -0.05) is 12.1 Å². The lowest BCUT2D eigenvalue weighted by atomic mass is 10.2. The van der Waals surface area contributed by atoms with Gasteiger partial charge in [-0.25, -0.2) is 0 Å². The van der Waals surface area contributed by atoms with Crippen LogP contribution in [0.5, 0.6) is 0 Å². The van der Waals surface area contributed by atoms with E-state index in [4.69, 9.17) is 0 Å². The van der Waals surface area contributed by atoms with Crippen LogP contribution in [-0.4, -0.2) is 9.49 Å². The van der Waals surface area contributed by atoms with E-state index in [1.165, 1.54) is 0 Å². The van der Waals surface area contributed by atoms with E-state index < -0.39 is 0 Å². The maximum absolute atomic E-state index is 10.9. The zero-order valence-corrected chi connectivity index (χ0v) is 14.1.